The van der Waals surface area contributed by atoms with Gasteiger partial charge in [-0.3, -0.25) is 9.59 Å². The second kappa shape index (κ2) is 11.5. The van der Waals surface area contributed by atoms with Crippen molar-refractivity contribution < 1.29 is 49.0 Å². The van der Waals surface area contributed by atoms with Crippen LogP contribution in [0.1, 0.15) is 12.8 Å². The molecule has 0 atom stereocenters. The highest BCUT2D eigenvalue weighted by molar-refractivity contribution is 5.73. The molecule has 2 aromatic carbocycles. The molecule has 10 nitrogen and oxygen atoms in total. The lowest BCUT2D eigenvalue weighted by molar-refractivity contribution is -0.137. The van der Waals surface area contributed by atoms with Gasteiger partial charge in [0.1, 0.15) is 34.5 Å². The number of hydrogen-bond acceptors (Lipinski definition) is 10. The average molecular weight is 422 g/mol. The lowest BCUT2D eigenvalue weighted by Gasteiger charge is -2.08. The topological polar surface area (TPSA) is 152 Å². The smallest absolute Gasteiger partial charge is 0.313 e. The molecule has 2 rings (SSSR count). The Morgan fingerprint density at radius 1 is 0.567 bits per heavy atom. The third-order valence-corrected chi connectivity index (χ3v) is 3.49. The Bertz CT molecular complexity index is 753. The van der Waals surface area contributed by atoms with E-state index in [1.807, 2.05) is 0 Å². The molecule has 0 saturated heterocycles. The van der Waals surface area contributed by atoms with Gasteiger partial charge in [-0.1, -0.05) is 0 Å². The Labute approximate surface area is 171 Å². The number of esters is 2. The van der Waals surface area contributed by atoms with Crippen molar-refractivity contribution in [2.75, 3.05) is 26.4 Å². The normalized spacial score (nSPS) is 10.5. The largest absolute Gasteiger partial charge is 0.508 e. The van der Waals surface area contributed by atoms with Crippen molar-refractivity contribution in [3.63, 3.8) is 0 Å². The van der Waals surface area contributed by atoms with Crippen molar-refractivity contribution in [1.29, 1.82) is 0 Å². The summed E-state index contributed by atoms with van der Waals surface area (Å²) in [6.45, 7) is 0.539. The summed E-state index contributed by atoms with van der Waals surface area (Å²) in [4.78, 5) is 23.3. The van der Waals surface area contributed by atoms with Gasteiger partial charge in [0, 0.05) is 36.4 Å². The lowest BCUT2D eigenvalue weighted by Crippen LogP contribution is -2.15. The van der Waals surface area contributed by atoms with Crippen molar-refractivity contribution >= 4 is 11.9 Å². The summed E-state index contributed by atoms with van der Waals surface area (Å²) in [5, 5.41) is 37.3. The molecule has 0 saturated carbocycles. The highest BCUT2D eigenvalue weighted by Gasteiger charge is 2.09. The first kappa shape index (κ1) is 22.8. The number of carbonyl (C=O) groups excluding carboxylic acids is 2. The van der Waals surface area contributed by atoms with Crippen molar-refractivity contribution in [3.8, 4) is 34.5 Å². The number of aromatic hydroxyl groups is 4. The molecule has 2 aromatic rings. The minimum Gasteiger partial charge on any atom is -0.508 e. The van der Waals surface area contributed by atoms with Crippen molar-refractivity contribution in [2.24, 2.45) is 0 Å². The van der Waals surface area contributed by atoms with Crippen LogP contribution in [0.15, 0.2) is 36.4 Å². The number of rotatable bonds is 11. The Balaban J connectivity index is 1.51. The molecule has 0 unspecified atom stereocenters. The fourth-order valence-electron chi connectivity index (χ4n) is 2.25. The van der Waals surface area contributed by atoms with Gasteiger partial charge >= 0.3 is 11.9 Å². The number of benzene rings is 2. The van der Waals surface area contributed by atoms with E-state index in [1.54, 1.807) is 0 Å². The van der Waals surface area contributed by atoms with Crippen LogP contribution in [0.2, 0.25) is 0 Å². The summed E-state index contributed by atoms with van der Waals surface area (Å²) in [5.41, 5.74) is 0. The maximum absolute atomic E-state index is 11.7. The summed E-state index contributed by atoms with van der Waals surface area (Å²) < 4.78 is 20.4. The van der Waals surface area contributed by atoms with E-state index in [1.165, 1.54) is 24.3 Å². The third kappa shape index (κ3) is 8.67. The van der Waals surface area contributed by atoms with Crippen LogP contribution < -0.4 is 9.47 Å². The maximum atomic E-state index is 11.7. The number of ether oxygens (including phenoxy) is 4. The quantitative estimate of drug-likeness (QED) is 0.240. The van der Waals surface area contributed by atoms with E-state index in [2.05, 4.69) is 0 Å². The average Bonchev–Trinajstić information content (AvgIpc) is 2.62. The third-order valence-electron chi connectivity index (χ3n) is 3.49. The minimum atomic E-state index is -0.596. The highest BCUT2D eigenvalue weighted by Crippen LogP contribution is 2.26. The van der Waals surface area contributed by atoms with Gasteiger partial charge in [0.05, 0.1) is 39.3 Å². The zero-order chi connectivity index (χ0) is 21.9. The molecular formula is C20H22O10. The standard InChI is InChI=1S/C20H22O10/c21-13-7-14(22)10-17(9-13)29-19(25)1-3-27-5-6-28-4-2-20(26)30-18-11-15(23)8-16(24)12-18/h7-12,21-24H,1-6H2. The molecule has 162 valence electrons. The van der Waals surface area contributed by atoms with E-state index in [0.717, 1.165) is 12.1 Å². The van der Waals surface area contributed by atoms with Gasteiger partial charge in [-0.05, 0) is 0 Å². The van der Waals surface area contributed by atoms with Crippen molar-refractivity contribution in [3.05, 3.63) is 36.4 Å². The number of hydrogen-bond donors (Lipinski definition) is 4. The molecule has 30 heavy (non-hydrogen) atoms. The molecule has 0 aromatic heterocycles. The summed E-state index contributed by atoms with van der Waals surface area (Å²) in [6, 6.07) is 7.00. The van der Waals surface area contributed by atoms with E-state index in [4.69, 9.17) is 18.9 Å². The van der Waals surface area contributed by atoms with Gasteiger partial charge in [-0.2, -0.15) is 0 Å². The van der Waals surface area contributed by atoms with Crippen LogP contribution in [0.3, 0.4) is 0 Å². The van der Waals surface area contributed by atoms with Gasteiger partial charge in [0.2, 0.25) is 0 Å². The highest BCUT2D eigenvalue weighted by atomic mass is 16.6. The summed E-state index contributed by atoms with van der Waals surface area (Å²) in [7, 11) is 0. The van der Waals surface area contributed by atoms with Crippen LogP contribution in [-0.4, -0.2) is 58.8 Å². The first-order valence-electron chi connectivity index (χ1n) is 8.95. The maximum Gasteiger partial charge on any atom is 0.313 e. The van der Waals surface area contributed by atoms with Gasteiger partial charge in [0.15, 0.2) is 0 Å². The molecule has 10 heteroatoms. The molecule has 0 heterocycles. The molecule has 0 bridgehead atoms. The molecule has 4 N–H and O–H groups in total. The van der Waals surface area contributed by atoms with Crippen LogP contribution in [0.5, 0.6) is 34.5 Å². The van der Waals surface area contributed by atoms with Crippen molar-refractivity contribution in [2.45, 2.75) is 12.8 Å². The van der Waals surface area contributed by atoms with Crippen molar-refractivity contribution in [1.82, 2.24) is 0 Å². The molecule has 0 aliphatic carbocycles. The first-order valence-corrected chi connectivity index (χ1v) is 8.95. The van der Waals surface area contributed by atoms with Gasteiger partial charge in [-0.15, -0.1) is 0 Å². The second-order valence-corrected chi connectivity index (χ2v) is 6.04. The fraction of sp³-hybridized carbons (Fsp3) is 0.300. The van der Waals surface area contributed by atoms with E-state index in [0.29, 0.717) is 0 Å². The van der Waals surface area contributed by atoms with E-state index >= 15 is 0 Å². The SMILES string of the molecule is O=C(CCOCCOCCC(=O)Oc1cc(O)cc(O)c1)Oc1cc(O)cc(O)c1. The predicted octanol–water partition coefficient (Wildman–Crippen LogP) is 1.83. The second-order valence-electron chi connectivity index (χ2n) is 6.04. The predicted molar refractivity (Wildman–Crippen MR) is 102 cm³/mol. The van der Waals surface area contributed by atoms with Crippen LogP contribution in [-0.2, 0) is 19.1 Å². The zero-order valence-corrected chi connectivity index (χ0v) is 15.9. The summed E-state index contributed by atoms with van der Waals surface area (Å²) in [6.07, 6.45) is -0.0843. The number of phenolic OH excluding ortho intramolecular Hbond substituents is 4. The number of carbonyl (C=O) groups is 2. The van der Waals surface area contributed by atoms with Gasteiger partial charge in [0.25, 0.3) is 0 Å². The molecular weight excluding hydrogens is 400 g/mol. The molecule has 0 spiro atoms. The van der Waals surface area contributed by atoms with Crippen LogP contribution in [0.4, 0.5) is 0 Å². The Morgan fingerprint density at radius 3 is 1.23 bits per heavy atom. The molecule has 0 aliphatic heterocycles. The van der Waals surface area contributed by atoms with Crippen LogP contribution in [0.25, 0.3) is 0 Å². The van der Waals surface area contributed by atoms with E-state index < -0.39 is 11.9 Å². The van der Waals surface area contributed by atoms with Gasteiger partial charge in [-0.25, -0.2) is 0 Å². The molecule has 0 amide bonds. The lowest BCUT2D eigenvalue weighted by atomic mass is 10.3. The monoisotopic (exact) mass is 422 g/mol. The van der Waals surface area contributed by atoms with Crippen LogP contribution >= 0.6 is 0 Å². The molecule has 0 radical (unpaired) electrons. The summed E-state index contributed by atoms with van der Waals surface area (Å²) in [5.74, 6) is -2.05. The minimum absolute atomic E-state index is 0.0219. The zero-order valence-electron chi connectivity index (χ0n) is 15.9. The Hall–Kier alpha value is -3.50. The molecule has 0 fully saturated rings. The Morgan fingerprint density at radius 2 is 0.900 bits per heavy atom. The fourth-order valence-corrected chi connectivity index (χ4v) is 2.25. The Kier molecular flexibility index (Phi) is 8.73. The first-order chi connectivity index (χ1) is 14.3. The van der Waals surface area contributed by atoms with E-state index in [-0.39, 0.29) is 73.8 Å². The number of phenols is 4. The van der Waals surface area contributed by atoms with Crippen LogP contribution in [0, 0.1) is 0 Å². The molecule has 0 aliphatic rings. The van der Waals surface area contributed by atoms with Gasteiger partial charge < -0.3 is 39.4 Å². The van der Waals surface area contributed by atoms with E-state index in [9.17, 15) is 30.0 Å². The summed E-state index contributed by atoms with van der Waals surface area (Å²) >= 11 is 0.